The zero-order valence-electron chi connectivity index (χ0n) is 13.7. The summed E-state index contributed by atoms with van der Waals surface area (Å²) in [6.45, 7) is 10.4. The van der Waals surface area contributed by atoms with E-state index in [9.17, 15) is 4.79 Å². The summed E-state index contributed by atoms with van der Waals surface area (Å²) in [6.07, 6.45) is 5.68. The van der Waals surface area contributed by atoms with E-state index < -0.39 is 0 Å². The number of nitrogens with zero attached hydrogens (tertiary/aromatic N) is 2. The molecular formula is C16H33N3O. The summed E-state index contributed by atoms with van der Waals surface area (Å²) in [6, 6.07) is 0. The van der Waals surface area contributed by atoms with Crippen LogP contribution < -0.4 is 5.32 Å². The molecule has 1 saturated heterocycles. The Kier molecular flexibility index (Phi) is 8.86. The third-order valence-electron chi connectivity index (χ3n) is 4.49. The van der Waals surface area contributed by atoms with E-state index in [-0.39, 0.29) is 0 Å². The van der Waals surface area contributed by atoms with Crippen molar-refractivity contribution in [2.24, 2.45) is 5.92 Å². The van der Waals surface area contributed by atoms with Gasteiger partial charge in [-0.1, -0.05) is 0 Å². The molecule has 0 saturated carbocycles. The number of carbonyl (C=O) groups excluding carboxylic acids is 1. The minimum Gasteiger partial charge on any atom is -0.343 e. The Labute approximate surface area is 124 Å². The third kappa shape index (κ3) is 6.23. The number of rotatable bonds is 9. The highest BCUT2D eigenvalue weighted by Gasteiger charge is 2.18. The van der Waals surface area contributed by atoms with Crippen molar-refractivity contribution in [3.63, 3.8) is 0 Å². The van der Waals surface area contributed by atoms with Gasteiger partial charge < -0.3 is 15.1 Å². The van der Waals surface area contributed by atoms with Crippen LogP contribution in [0.3, 0.4) is 0 Å². The standard InChI is InChI=1S/C16H33N3O/c1-4-19(5-2)16(20)7-6-12-18-13-9-15(10-14-18)8-11-17-3/h15,17H,4-14H2,1-3H3. The smallest absolute Gasteiger partial charge is 0.222 e. The molecular weight excluding hydrogens is 250 g/mol. The van der Waals surface area contributed by atoms with Gasteiger partial charge in [0.2, 0.25) is 5.91 Å². The fourth-order valence-corrected chi connectivity index (χ4v) is 3.04. The Morgan fingerprint density at radius 1 is 1.25 bits per heavy atom. The van der Waals surface area contributed by atoms with Crippen molar-refractivity contribution in [2.45, 2.75) is 46.0 Å². The molecule has 1 rings (SSSR count). The molecule has 118 valence electrons. The van der Waals surface area contributed by atoms with Gasteiger partial charge in [-0.05, 0) is 78.7 Å². The van der Waals surface area contributed by atoms with Crippen LogP contribution in [0.25, 0.3) is 0 Å². The predicted octanol–water partition coefficient (Wildman–Crippen LogP) is 1.96. The van der Waals surface area contributed by atoms with E-state index in [4.69, 9.17) is 0 Å². The summed E-state index contributed by atoms with van der Waals surface area (Å²) < 4.78 is 0. The lowest BCUT2D eigenvalue weighted by Crippen LogP contribution is -2.36. The highest BCUT2D eigenvalue weighted by Crippen LogP contribution is 2.20. The van der Waals surface area contributed by atoms with Gasteiger partial charge in [0.15, 0.2) is 0 Å². The predicted molar refractivity (Wildman–Crippen MR) is 84.9 cm³/mol. The number of likely N-dealkylation sites (tertiary alicyclic amines) is 1. The van der Waals surface area contributed by atoms with Gasteiger partial charge in [0, 0.05) is 19.5 Å². The number of carbonyl (C=O) groups is 1. The quantitative estimate of drug-likeness (QED) is 0.702. The Morgan fingerprint density at radius 3 is 2.45 bits per heavy atom. The summed E-state index contributed by atoms with van der Waals surface area (Å²) >= 11 is 0. The fraction of sp³-hybridized carbons (Fsp3) is 0.938. The second kappa shape index (κ2) is 10.2. The van der Waals surface area contributed by atoms with E-state index in [0.29, 0.717) is 12.3 Å². The zero-order valence-corrected chi connectivity index (χ0v) is 13.7. The van der Waals surface area contributed by atoms with E-state index in [1.807, 2.05) is 11.9 Å². The monoisotopic (exact) mass is 283 g/mol. The van der Waals surface area contributed by atoms with Crippen molar-refractivity contribution in [1.82, 2.24) is 15.1 Å². The number of hydrogen-bond acceptors (Lipinski definition) is 3. The Morgan fingerprint density at radius 2 is 1.90 bits per heavy atom. The van der Waals surface area contributed by atoms with Crippen LogP contribution in [0.5, 0.6) is 0 Å². The van der Waals surface area contributed by atoms with Crippen LogP contribution in [0.1, 0.15) is 46.0 Å². The molecule has 0 aromatic heterocycles. The van der Waals surface area contributed by atoms with Crippen molar-refractivity contribution < 1.29 is 4.79 Å². The Balaban J connectivity index is 2.11. The number of piperidine rings is 1. The SMILES string of the molecule is CCN(CC)C(=O)CCCN1CCC(CCNC)CC1. The molecule has 1 aliphatic rings. The van der Waals surface area contributed by atoms with E-state index in [1.165, 1.54) is 32.4 Å². The van der Waals surface area contributed by atoms with Gasteiger partial charge in [0.25, 0.3) is 0 Å². The molecule has 1 fully saturated rings. The molecule has 1 amide bonds. The molecule has 4 heteroatoms. The highest BCUT2D eigenvalue weighted by atomic mass is 16.2. The van der Waals surface area contributed by atoms with Crippen molar-refractivity contribution in [1.29, 1.82) is 0 Å². The summed E-state index contributed by atoms with van der Waals surface area (Å²) in [4.78, 5) is 16.4. The maximum atomic E-state index is 11.9. The average Bonchev–Trinajstić information content (AvgIpc) is 2.47. The van der Waals surface area contributed by atoms with Crippen LogP contribution in [-0.4, -0.2) is 62.0 Å². The van der Waals surface area contributed by atoms with Gasteiger partial charge in [0.05, 0.1) is 0 Å². The summed E-state index contributed by atoms with van der Waals surface area (Å²) in [5.41, 5.74) is 0. The molecule has 4 nitrogen and oxygen atoms in total. The number of hydrogen-bond donors (Lipinski definition) is 1. The molecule has 1 N–H and O–H groups in total. The van der Waals surface area contributed by atoms with Gasteiger partial charge in [0.1, 0.15) is 0 Å². The van der Waals surface area contributed by atoms with Crippen LogP contribution in [0, 0.1) is 5.92 Å². The molecule has 0 bridgehead atoms. The first kappa shape index (κ1) is 17.4. The first-order chi connectivity index (χ1) is 9.71. The molecule has 0 unspecified atom stereocenters. The highest BCUT2D eigenvalue weighted by molar-refractivity contribution is 5.76. The van der Waals surface area contributed by atoms with Gasteiger partial charge in [-0.3, -0.25) is 4.79 Å². The van der Waals surface area contributed by atoms with Crippen molar-refractivity contribution >= 4 is 5.91 Å². The van der Waals surface area contributed by atoms with E-state index in [2.05, 4.69) is 24.1 Å². The maximum absolute atomic E-state index is 11.9. The van der Waals surface area contributed by atoms with E-state index in [0.717, 1.165) is 38.5 Å². The molecule has 1 aliphatic heterocycles. The Bertz CT molecular complexity index is 258. The van der Waals surface area contributed by atoms with Gasteiger partial charge >= 0.3 is 0 Å². The lowest BCUT2D eigenvalue weighted by Gasteiger charge is -2.32. The maximum Gasteiger partial charge on any atom is 0.222 e. The van der Waals surface area contributed by atoms with Crippen molar-refractivity contribution in [2.75, 3.05) is 46.3 Å². The average molecular weight is 283 g/mol. The number of nitrogens with one attached hydrogen (secondary N) is 1. The summed E-state index contributed by atoms with van der Waals surface area (Å²) in [7, 11) is 2.03. The van der Waals surface area contributed by atoms with Gasteiger partial charge in [-0.15, -0.1) is 0 Å². The van der Waals surface area contributed by atoms with Crippen LogP contribution in [0.4, 0.5) is 0 Å². The lowest BCUT2D eigenvalue weighted by atomic mass is 9.93. The molecule has 0 atom stereocenters. The summed E-state index contributed by atoms with van der Waals surface area (Å²) in [5.74, 6) is 1.22. The van der Waals surface area contributed by atoms with Crippen molar-refractivity contribution in [3.8, 4) is 0 Å². The second-order valence-corrected chi connectivity index (χ2v) is 5.85. The fourth-order valence-electron chi connectivity index (χ4n) is 3.04. The number of amides is 1. The van der Waals surface area contributed by atoms with Gasteiger partial charge in [-0.25, -0.2) is 0 Å². The molecule has 0 radical (unpaired) electrons. The first-order valence-electron chi connectivity index (χ1n) is 8.35. The van der Waals surface area contributed by atoms with E-state index >= 15 is 0 Å². The van der Waals surface area contributed by atoms with Crippen LogP contribution in [-0.2, 0) is 4.79 Å². The molecule has 0 spiro atoms. The first-order valence-corrected chi connectivity index (χ1v) is 8.35. The second-order valence-electron chi connectivity index (χ2n) is 5.85. The molecule has 1 heterocycles. The zero-order chi connectivity index (χ0) is 14.8. The van der Waals surface area contributed by atoms with Crippen LogP contribution in [0.2, 0.25) is 0 Å². The van der Waals surface area contributed by atoms with Crippen molar-refractivity contribution in [3.05, 3.63) is 0 Å². The molecule has 20 heavy (non-hydrogen) atoms. The van der Waals surface area contributed by atoms with Crippen LogP contribution in [0.15, 0.2) is 0 Å². The summed E-state index contributed by atoms with van der Waals surface area (Å²) in [5, 5.41) is 3.24. The van der Waals surface area contributed by atoms with Gasteiger partial charge in [-0.2, -0.15) is 0 Å². The molecule has 0 aliphatic carbocycles. The Hall–Kier alpha value is -0.610. The topological polar surface area (TPSA) is 35.6 Å². The van der Waals surface area contributed by atoms with Crippen LogP contribution >= 0.6 is 0 Å². The molecule has 0 aromatic carbocycles. The van der Waals surface area contributed by atoms with E-state index in [1.54, 1.807) is 0 Å². The third-order valence-corrected chi connectivity index (χ3v) is 4.49. The normalized spacial score (nSPS) is 17.4. The minimum atomic E-state index is 0.318. The largest absolute Gasteiger partial charge is 0.343 e. The molecule has 0 aromatic rings. The lowest BCUT2D eigenvalue weighted by molar-refractivity contribution is -0.131. The minimum absolute atomic E-state index is 0.318.